The van der Waals surface area contributed by atoms with E-state index in [1.54, 1.807) is 30.7 Å². The number of hydrogen-bond donors (Lipinski definition) is 0. The Bertz CT molecular complexity index is 646. The van der Waals surface area contributed by atoms with Crippen LogP contribution in [0.2, 0.25) is 0 Å². The Morgan fingerprint density at radius 1 is 1.28 bits per heavy atom. The van der Waals surface area contributed by atoms with Crippen LogP contribution in [-0.4, -0.2) is 14.5 Å². The normalized spacial score (nSPS) is 10.7. The zero-order chi connectivity index (χ0) is 12.4. The Hall–Kier alpha value is -2.43. The van der Waals surface area contributed by atoms with Gasteiger partial charge in [0.25, 0.3) is 0 Å². The van der Waals surface area contributed by atoms with Crippen LogP contribution in [0.5, 0.6) is 0 Å². The molecule has 18 heavy (non-hydrogen) atoms. The fourth-order valence-corrected chi connectivity index (χ4v) is 1.71. The number of benzene rings is 1. The highest BCUT2D eigenvalue weighted by molar-refractivity contribution is 5.56. The minimum atomic E-state index is -0.317. The molecule has 1 aromatic carbocycles. The van der Waals surface area contributed by atoms with E-state index in [9.17, 15) is 4.39 Å². The van der Waals surface area contributed by atoms with E-state index in [0.29, 0.717) is 23.8 Å². The summed E-state index contributed by atoms with van der Waals surface area (Å²) in [6, 6.07) is 6.46. The van der Waals surface area contributed by atoms with Gasteiger partial charge in [0.05, 0.1) is 18.1 Å². The van der Waals surface area contributed by atoms with Crippen molar-refractivity contribution in [2.45, 2.75) is 6.54 Å². The maximum absolute atomic E-state index is 13.6. The van der Waals surface area contributed by atoms with Gasteiger partial charge in [-0.25, -0.2) is 14.4 Å². The van der Waals surface area contributed by atoms with E-state index in [2.05, 4.69) is 9.97 Å². The molecular formula is C13H10FN3O. The molecule has 0 bridgehead atoms. The Morgan fingerprint density at radius 3 is 2.94 bits per heavy atom. The van der Waals surface area contributed by atoms with Crippen LogP contribution in [0.1, 0.15) is 5.89 Å². The van der Waals surface area contributed by atoms with Crippen LogP contribution in [0.4, 0.5) is 4.39 Å². The van der Waals surface area contributed by atoms with Gasteiger partial charge in [0, 0.05) is 12.4 Å². The van der Waals surface area contributed by atoms with Crippen molar-refractivity contribution in [2.75, 3.05) is 0 Å². The summed E-state index contributed by atoms with van der Waals surface area (Å²) in [6.45, 7) is 0.481. The highest BCUT2D eigenvalue weighted by atomic mass is 19.1. The van der Waals surface area contributed by atoms with Gasteiger partial charge in [0.2, 0.25) is 5.89 Å². The van der Waals surface area contributed by atoms with Crippen molar-refractivity contribution in [1.82, 2.24) is 14.5 Å². The lowest BCUT2D eigenvalue weighted by atomic mass is 10.2. The molecule has 3 rings (SSSR count). The van der Waals surface area contributed by atoms with Gasteiger partial charge in [-0.1, -0.05) is 12.1 Å². The molecule has 0 spiro atoms. The lowest BCUT2D eigenvalue weighted by molar-refractivity contribution is 0.485. The minimum Gasteiger partial charge on any atom is -0.439 e. The molecule has 90 valence electrons. The third kappa shape index (κ3) is 2.02. The SMILES string of the molecule is Fc1ccccc1-c1cnc(Cn2ccnc2)o1. The summed E-state index contributed by atoms with van der Waals surface area (Å²) >= 11 is 0. The molecule has 0 saturated carbocycles. The van der Waals surface area contributed by atoms with E-state index in [4.69, 9.17) is 4.42 Å². The standard InChI is InChI=1S/C13H10FN3O/c14-11-4-2-1-3-10(11)12-7-16-13(18-12)8-17-6-5-15-9-17/h1-7,9H,8H2. The highest BCUT2D eigenvalue weighted by Crippen LogP contribution is 2.23. The zero-order valence-electron chi connectivity index (χ0n) is 9.45. The summed E-state index contributed by atoms with van der Waals surface area (Å²) in [6.07, 6.45) is 6.70. The second-order valence-electron chi connectivity index (χ2n) is 3.83. The molecule has 0 fully saturated rings. The first-order valence-electron chi connectivity index (χ1n) is 5.48. The molecule has 0 aliphatic rings. The topological polar surface area (TPSA) is 43.9 Å². The second-order valence-corrected chi connectivity index (χ2v) is 3.83. The molecule has 0 aliphatic heterocycles. The van der Waals surface area contributed by atoms with E-state index in [0.717, 1.165) is 0 Å². The van der Waals surface area contributed by atoms with Gasteiger partial charge < -0.3 is 8.98 Å². The smallest absolute Gasteiger partial charge is 0.214 e. The van der Waals surface area contributed by atoms with Gasteiger partial charge in [-0.15, -0.1) is 0 Å². The van der Waals surface area contributed by atoms with Crippen LogP contribution in [0, 0.1) is 5.82 Å². The van der Waals surface area contributed by atoms with Crippen LogP contribution in [-0.2, 0) is 6.54 Å². The van der Waals surface area contributed by atoms with E-state index in [1.165, 1.54) is 12.3 Å². The fraction of sp³-hybridized carbons (Fsp3) is 0.0769. The van der Waals surface area contributed by atoms with Gasteiger partial charge in [0.1, 0.15) is 12.4 Å². The Labute approximate surface area is 103 Å². The van der Waals surface area contributed by atoms with E-state index < -0.39 is 0 Å². The van der Waals surface area contributed by atoms with Crippen molar-refractivity contribution in [1.29, 1.82) is 0 Å². The van der Waals surface area contributed by atoms with Crippen molar-refractivity contribution in [3.8, 4) is 11.3 Å². The van der Waals surface area contributed by atoms with Crippen LogP contribution >= 0.6 is 0 Å². The Kier molecular flexibility index (Phi) is 2.64. The first-order chi connectivity index (χ1) is 8.83. The average molecular weight is 243 g/mol. The maximum atomic E-state index is 13.6. The summed E-state index contributed by atoms with van der Waals surface area (Å²) in [5.41, 5.74) is 0.418. The lowest BCUT2D eigenvalue weighted by Gasteiger charge is -1.98. The largest absolute Gasteiger partial charge is 0.439 e. The maximum Gasteiger partial charge on any atom is 0.214 e. The lowest BCUT2D eigenvalue weighted by Crippen LogP contribution is -1.95. The number of imidazole rings is 1. The average Bonchev–Trinajstić information content (AvgIpc) is 3.02. The Balaban J connectivity index is 1.88. The molecule has 2 aromatic heterocycles. The highest BCUT2D eigenvalue weighted by Gasteiger charge is 2.10. The van der Waals surface area contributed by atoms with Crippen molar-refractivity contribution < 1.29 is 8.81 Å². The van der Waals surface area contributed by atoms with Gasteiger partial charge in [-0.2, -0.15) is 0 Å². The van der Waals surface area contributed by atoms with Crippen LogP contribution < -0.4 is 0 Å². The number of oxazole rings is 1. The molecule has 0 amide bonds. The number of hydrogen-bond acceptors (Lipinski definition) is 3. The molecule has 4 nitrogen and oxygen atoms in total. The molecule has 0 radical (unpaired) electrons. The summed E-state index contributed by atoms with van der Waals surface area (Å²) in [5.74, 6) is 0.636. The summed E-state index contributed by atoms with van der Waals surface area (Å²) < 4.78 is 20.9. The van der Waals surface area contributed by atoms with Crippen LogP contribution in [0.25, 0.3) is 11.3 Å². The molecule has 2 heterocycles. The van der Waals surface area contributed by atoms with Crippen LogP contribution in [0.15, 0.2) is 53.6 Å². The van der Waals surface area contributed by atoms with Crippen molar-refractivity contribution in [3.05, 3.63) is 60.9 Å². The predicted octanol–water partition coefficient (Wildman–Crippen LogP) is 2.73. The third-order valence-corrected chi connectivity index (χ3v) is 2.57. The van der Waals surface area contributed by atoms with Gasteiger partial charge in [-0.3, -0.25) is 0 Å². The molecule has 0 aliphatic carbocycles. The summed E-state index contributed by atoms with van der Waals surface area (Å²) in [4.78, 5) is 8.06. The molecule has 0 N–H and O–H groups in total. The van der Waals surface area contributed by atoms with Crippen LogP contribution in [0.3, 0.4) is 0 Å². The third-order valence-electron chi connectivity index (χ3n) is 2.57. The van der Waals surface area contributed by atoms with Gasteiger partial charge in [-0.05, 0) is 12.1 Å². The second kappa shape index (κ2) is 4.44. The molecular weight excluding hydrogens is 233 g/mol. The molecule has 0 unspecified atom stereocenters. The van der Waals surface area contributed by atoms with Gasteiger partial charge in [0.15, 0.2) is 5.76 Å². The van der Waals surface area contributed by atoms with Crippen molar-refractivity contribution >= 4 is 0 Å². The van der Waals surface area contributed by atoms with E-state index in [-0.39, 0.29) is 5.82 Å². The molecule has 3 aromatic rings. The zero-order valence-corrected chi connectivity index (χ0v) is 9.45. The number of rotatable bonds is 3. The molecule has 0 saturated heterocycles. The van der Waals surface area contributed by atoms with Crippen molar-refractivity contribution in [3.63, 3.8) is 0 Å². The molecule has 0 atom stereocenters. The van der Waals surface area contributed by atoms with Crippen molar-refractivity contribution in [2.24, 2.45) is 0 Å². The first-order valence-corrected chi connectivity index (χ1v) is 5.48. The van der Waals surface area contributed by atoms with E-state index in [1.807, 2.05) is 10.8 Å². The quantitative estimate of drug-likeness (QED) is 0.710. The molecule has 5 heteroatoms. The first kappa shape index (κ1) is 10.7. The summed E-state index contributed by atoms with van der Waals surface area (Å²) in [7, 11) is 0. The number of aromatic nitrogens is 3. The van der Waals surface area contributed by atoms with E-state index >= 15 is 0 Å². The summed E-state index contributed by atoms with van der Waals surface area (Å²) in [5, 5.41) is 0. The number of nitrogens with zero attached hydrogens (tertiary/aromatic N) is 3. The Morgan fingerprint density at radius 2 is 2.17 bits per heavy atom. The monoisotopic (exact) mass is 243 g/mol. The number of halogens is 1. The predicted molar refractivity (Wildman–Crippen MR) is 63.2 cm³/mol. The fourth-order valence-electron chi connectivity index (χ4n) is 1.71. The minimum absolute atomic E-state index is 0.317. The van der Waals surface area contributed by atoms with Gasteiger partial charge >= 0.3 is 0 Å².